The summed E-state index contributed by atoms with van der Waals surface area (Å²) in [7, 11) is 0. The second-order valence-electron chi connectivity index (χ2n) is 7.84. The van der Waals surface area contributed by atoms with Gasteiger partial charge in [0.2, 0.25) is 0 Å². The van der Waals surface area contributed by atoms with Crippen molar-refractivity contribution < 1.29 is 9.90 Å². The Balaban J connectivity index is 1.57. The van der Waals surface area contributed by atoms with Crippen LogP contribution in [0.25, 0.3) is 22.3 Å². The van der Waals surface area contributed by atoms with Gasteiger partial charge in [-0.25, -0.2) is 4.98 Å². The predicted octanol–water partition coefficient (Wildman–Crippen LogP) is 5.05. The first-order valence-corrected chi connectivity index (χ1v) is 10.5. The van der Waals surface area contributed by atoms with E-state index in [0.29, 0.717) is 11.4 Å². The summed E-state index contributed by atoms with van der Waals surface area (Å²) in [5, 5.41) is 9.76. The Hall–Kier alpha value is -3.83. The van der Waals surface area contributed by atoms with Crippen LogP contribution in [0.4, 0.5) is 5.82 Å². The van der Waals surface area contributed by atoms with Gasteiger partial charge in [-0.2, -0.15) is 0 Å². The van der Waals surface area contributed by atoms with Crippen molar-refractivity contribution in [3.8, 4) is 22.3 Å². The minimum absolute atomic E-state index is 0.00767. The maximum absolute atomic E-state index is 12.8. The van der Waals surface area contributed by atoms with Crippen molar-refractivity contribution in [3.63, 3.8) is 0 Å². The van der Waals surface area contributed by atoms with Crippen LogP contribution in [-0.4, -0.2) is 27.5 Å². The normalized spacial score (nSPS) is 11.8. The number of nitrogen functional groups attached to an aromatic ring is 1. The van der Waals surface area contributed by atoms with Gasteiger partial charge in [-0.1, -0.05) is 54.6 Å². The second-order valence-corrected chi connectivity index (χ2v) is 7.84. The van der Waals surface area contributed by atoms with Crippen LogP contribution in [0.5, 0.6) is 0 Å². The first-order chi connectivity index (χ1) is 15.6. The number of aromatic nitrogens is 2. The molecule has 32 heavy (non-hydrogen) atoms. The van der Waals surface area contributed by atoms with Crippen LogP contribution in [0.3, 0.4) is 0 Å². The van der Waals surface area contributed by atoms with Crippen LogP contribution in [0.1, 0.15) is 33.8 Å². The fourth-order valence-electron chi connectivity index (χ4n) is 3.84. The number of aryl methyl sites for hydroxylation is 1. The van der Waals surface area contributed by atoms with Gasteiger partial charge >= 0.3 is 0 Å². The summed E-state index contributed by atoms with van der Waals surface area (Å²) in [4.78, 5) is 21.3. The second kappa shape index (κ2) is 9.54. The zero-order chi connectivity index (χ0) is 22.5. The van der Waals surface area contributed by atoms with E-state index in [1.54, 1.807) is 24.5 Å². The number of pyridine rings is 2. The fraction of sp³-hybridized carbons (Fsp3) is 0.148. The summed E-state index contributed by atoms with van der Waals surface area (Å²) in [6.45, 7) is 1.94. The molecule has 0 radical (unpaired) electrons. The zero-order valence-electron chi connectivity index (χ0n) is 17.9. The van der Waals surface area contributed by atoms with Gasteiger partial charge in [-0.05, 0) is 41.3 Å². The highest BCUT2D eigenvalue weighted by molar-refractivity contribution is 5.97. The highest BCUT2D eigenvalue weighted by Crippen LogP contribution is 2.31. The van der Waals surface area contributed by atoms with Gasteiger partial charge in [0.1, 0.15) is 5.82 Å². The lowest BCUT2D eigenvalue weighted by Gasteiger charge is -2.14. The van der Waals surface area contributed by atoms with E-state index in [0.717, 1.165) is 33.4 Å². The minimum Gasteiger partial charge on any atom is -0.396 e. The number of rotatable bonds is 7. The number of anilines is 1. The van der Waals surface area contributed by atoms with Crippen molar-refractivity contribution in [1.29, 1.82) is 0 Å². The summed E-state index contributed by atoms with van der Waals surface area (Å²) < 4.78 is 0. The highest BCUT2D eigenvalue weighted by Gasteiger charge is 2.17. The molecule has 0 fully saturated rings. The van der Waals surface area contributed by atoms with E-state index in [1.165, 1.54) is 0 Å². The molecular weight excluding hydrogens is 398 g/mol. The number of hydrogen-bond donors (Lipinski definition) is 2. The van der Waals surface area contributed by atoms with Crippen molar-refractivity contribution in [1.82, 2.24) is 9.97 Å². The number of carbonyl (C=O) groups excluding carboxylic acids is 1. The summed E-state index contributed by atoms with van der Waals surface area (Å²) in [5.41, 5.74) is 12.5. The Labute approximate surface area is 187 Å². The lowest BCUT2D eigenvalue weighted by Crippen LogP contribution is -2.11. The molecule has 0 unspecified atom stereocenters. The van der Waals surface area contributed by atoms with Crippen LogP contribution in [0.2, 0.25) is 0 Å². The molecule has 5 heteroatoms. The van der Waals surface area contributed by atoms with Gasteiger partial charge in [0.05, 0.1) is 6.61 Å². The molecule has 1 atom stereocenters. The number of Topliss-reactive ketones (excluding diaryl/α,β-unsaturated/α-hetero) is 1. The monoisotopic (exact) mass is 423 g/mol. The molecule has 4 aromatic rings. The Kier molecular flexibility index (Phi) is 6.38. The van der Waals surface area contributed by atoms with Crippen molar-refractivity contribution in [2.24, 2.45) is 0 Å². The van der Waals surface area contributed by atoms with Gasteiger partial charge in [-0.15, -0.1) is 0 Å². The molecule has 0 aliphatic heterocycles. The summed E-state index contributed by atoms with van der Waals surface area (Å²) >= 11 is 0. The molecule has 3 N–H and O–H groups in total. The topological polar surface area (TPSA) is 89.1 Å². The van der Waals surface area contributed by atoms with Crippen LogP contribution in [-0.2, 0) is 0 Å². The van der Waals surface area contributed by atoms with Gasteiger partial charge in [0, 0.05) is 47.6 Å². The third-order valence-electron chi connectivity index (χ3n) is 5.69. The van der Waals surface area contributed by atoms with Gasteiger partial charge in [-0.3, -0.25) is 9.78 Å². The number of benzene rings is 2. The number of carbonyl (C=O) groups is 1. The summed E-state index contributed by atoms with van der Waals surface area (Å²) in [5.74, 6) is 0.208. The molecule has 2 heterocycles. The number of nitrogens with zero attached hydrogens (tertiary/aromatic N) is 2. The van der Waals surface area contributed by atoms with Gasteiger partial charge < -0.3 is 10.8 Å². The lowest BCUT2D eigenvalue weighted by molar-refractivity contribution is 0.0960. The molecule has 0 amide bonds. The van der Waals surface area contributed by atoms with Crippen LogP contribution >= 0.6 is 0 Å². The van der Waals surface area contributed by atoms with Crippen molar-refractivity contribution >= 4 is 11.6 Å². The molecule has 0 saturated heterocycles. The van der Waals surface area contributed by atoms with Gasteiger partial charge in [0.25, 0.3) is 0 Å². The largest absolute Gasteiger partial charge is 0.396 e. The summed E-state index contributed by atoms with van der Waals surface area (Å²) in [6.07, 6.45) is 5.59. The molecule has 0 spiro atoms. The number of ketones is 1. The molecule has 4 rings (SSSR count). The maximum atomic E-state index is 12.8. The quantitative estimate of drug-likeness (QED) is 0.406. The molecular formula is C27H25N3O2. The van der Waals surface area contributed by atoms with Crippen molar-refractivity contribution in [2.45, 2.75) is 19.3 Å². The van der Waals surface area contributed by atoms with Gasteiger partial charge in [0.15, 0.2) is 5.78 Å². The van der Waals surface area contributed by atoms with E-state index in [9.17, 15) is 9.90 Å². The minimum atomic E-state index is -0.219. The Bertz CT molecular complexity index is 1220. The Morgan fingerprint density at radius 3 is 2.41 bits per heavy atom. The molecule has 2 aromatic heterocycles. The van der Waals surface area contributed by atoms with Crippen LogP contribution in [0, 0.1) is 6.92 Å². The van der Waals surface area contributed by atoms with E-state index < -0.39 is 0 Å². The van der Waals surface area contributed by atoms with E-state index in [-0.39, 0.29) is 24.7 Å². The molecule has 5 nitrogen and oxygen atoms in total. The number of aliphatic hydroxyl groups is 1. The van der Waals surface area contributed by atoms with E-state index in [1.807, 2.05) is 67.7 Å². The number of nitrogens with two attached hydrogens (primary N) is 1. The first kappa shape index (κ1) is 21.4. The van der Waals surface area contributed by atoms with Crippen LogP contribution in [0.15, 0.2) is 85.3 Å². The van der Waals surface area contributed by atoms with Crippen molar-refractivity contribution in [3.05, 3.63) is 102 Å². The molecule has 0 aliphatic carbocycles. The van der Waals surface area contributed by atoms with Crippen LogP contribution < -0.4 is 5.73 Å². The smallest absolute Gasteiger partial charge is 0.163 e. The molecule has 0 aliphatic rings. The lowest BCUT2D eigenvalue weighted by atomic mass is 9.91. The highest BCUT2D eigenvalue weighted by atomic mass is 16.3. The molecule has 0 saturated carbocycles. The third kappa shape index (κ3) is 4.58. The average molecular weight is 424 g/mol. The first-order valence-electron chi connectivity index (χ1n) is 10.5. The standard InChI is InChI=1S/C27H25N3O2/c1-18-15-29-12-11-24(18)22-13-25(27(28)30-16-22)20-7-9-21(10-8-20)26(32)14-23(17-31)19-5-3-2-4-6-19/h2-13,15-16,23,31H,14,17H2,1H3,(H2,28,30)/t23-/m1/s1. The molecule has 2 aromatic carbocycles. The number of aliphatic hydroxyl groups excluding tert-OH is 1. The zero-order valence-corrected chi connectivity index (χ0v) is 17.9. The maximum Gasteiger partial charge on any atom is 0.163 e. The number of hydrogen-bond acceptors (Lipinski definition) is 5. The van der Waals surface area contributed by atoms with E-state index in [4.69, 9.17) is 5.73 Å². The summed E-state index contributed by atoms with van der Waals surface area (Å²) in [6, 6.07) is 21.0. The SMILES string of the molecule is Cc1cnccc1-c1cnc(N)c(-c2ccc(C(=O)C[C@H](CO)c3ccccc3)cc2)c1. The van der Waals surface area contributed by atoms with E-state index in [2.05, 4.69) is 9.97 Å². The third-order valence-corrected chi connectivity index (χ3v) is 5.69. The van der Waals surface area contributed by atoms with E-state index >= 15 is 0 Å². The molecule has 0 bridgehead atoms. The molecule has 160 valence electrons. The fourth-order valence-corrected chi connectivity index (χ4v) is 3.84. The van der Waals surface area contributed by atoms with Crippen molar-refractivity contribution in [2.75, 3.05) is 12.3 Å². The Morgan fingerprint density at radius 2 is 1.72 bits per heavy atom. The Morgan fingerprint density at radius 1 is 0.969 bits per heavy atom. The predicted molar refractivity (Wildman–Crippen MR) is 127 cm³/mol. The average Bonchev–Trinajstić information content (AvgIpc) is 2.84.